The van der Waals surface area contributed by atoms with Gasteiger partial charge in [-0.3, -0.25) is 9.59 Å². The molecule has 33 heavy (non-hydrogen) atoms. The van der Waals surface area contributed by atoms with Crippen molar-refractivity contribution in [2.24, 2.45) is 0 Å². The van der Waals surface area contributed by atoms with Crippen LogP contribution in [0.3, 0.4) is 0 Å². The van der Waals surface area contributed by atoms with Crippen molar-refractivity contribution < 1.29 is 28.6 Å². The molecule has 8 nitrogen and oxygen atoms in total. The lowest BCUT2D eigenvalue weighted by Gasteiger charge is -2.39. The molecule has 2 saturated heterocycles. The van der Waals surface area contributed by atoms with Crippen molar-refractivity contribution in [2.75, 3.05) is 39.5 Å². The number of benzene rings is 1. The van der Waals surface area contributed by atoms with Crippen LogP contribution in [0.15, 0.2) is 35.5 Å². The van der Waals surface area contributed by atoms with Gasteiger partial charge < -0.3 is 24.0 Å². The van der Waals surface area contributed by atoms with Crippen LogP contribution in [-0.2, 0) is 28.6 Å². The highest BCUT2D eigenvalue weighted by Gasteiger charge is 2.42. The molecule has 178 valence electrons. The molecule has 0 N–H and O–H groups in total. The van der Waals surface area contributed by atoms with Gasteiger partial charge in [0.2, 0.25) is 11.8 Å². The second-order valence-corrected chi connectivity index (χ2v) is 8.86. The lowest BCUT2D eigenvalue weighted by Crippen LogP contribution is -2.51. The molecular formula is C25H32N2O6. The van der Waals surface area contributed by atoms with Crippen LogP contribution in [0.1, 0.15) is 50.2 Å². The highest BCUT2D eigenvalue weighted by molar-refractivity contribution is 5.97. The van der Waals surface area contributed by atoms with E-state index in [2.05, 4.69) is 0 Å². The Kier molecular flexibility index (Phi) is 6.86. The van der Waals surface area contributed by atoms with Crippen LogP contribution in [0.2, 0.25) is 0 Å². The molecule has 1 aromatic rings. The fourth-order valence-electron chi connectivity index (χ4n) is 4.88. The maximum Gasteiger partial charge on any atom is 0.336 e. The number of ether oxygens (including phenoxy) is 3. The van der Waals surface area contributed by atoms with E-state index in [1.165, 1.54) is 4.90 Å². The summed E-state index contributed by atoms with van der Waals surface area (Å²) in [6.45, 7) is 7.81. The molecule has 3 aliphatic rings. The number of nitrogens with zero attached hydrogens (tertiary/aromatic N) is 2. The summed E-state index contributed by atoms with van der Waals surface area (Å²) in [5, 5.41) is 0. The molecular weight excluding hydrogens is 424 g/mol. The van der Waals surface area contributed by atoms with Crippen LogP contribution in [-0.4, -0.2) is 72.8 Å². The van der Waals surface area contributed by atoms with Crippen LogP contribution in [0.5, 0.6) is 0 Å². The first kappa shape index (κ1) is 23.4. The molecule has 0 radical (unpaired) electrons. The van der Waals surface area contributed by atoms with Crippen molar-refractivity contribution >= 4 is 17.8 Å². The fraction of sp³-hybridized carbons (Fsp3) is 0.560. The van der Waals surface area contributed by atoms with E-state index in [-0.39, 0.29) is 31.4 Å². The van der Waals surface area contributed by atoms with Gasteiger partial charge in [0.1, 0.15) is 6.54 Å². The first-order valence-electron chi connectivity index (χ1n) is 11.6. The van der Waals surface area contributed by atoms with Crippen LogP contribution >= 0.6 is 0 Å². The highest BCUT2D eigenvalue weighted by Crippen LogP contribution is 2.37. The molecule has 0 saturated carbocycles. The van der Waals surface area contributed by atoms with E-state index in [0.717, 1.165) is 11.1 Å². The van der Waals surface area contributed by atoms with Gasteiger partial charge in [-0.2, -0.15) is 0 Å². The summed E-state index contributed by atoms with van der Waals surface area (Å²) in [4.78, 5) is 42.3. The van der Waals surface area contributed by atoms with E-state index >= 15 is 0 Å². The zero-order valence-electron chi connectivity index (χ0n) is 19.6. The van der Waals surface area contributed by atoms with E-state index in [1.54, 1.807) is 18.7 Å². The van der Waals surface area contributed by atoms with Crippen LogP contribution in [0.4, 0.5) is 0 Å². The predicted octanol–water partition coefficient (Wildman–Crippen LogP) is 2.51. The van der Waals surface area contributed by atoms with Crippen molar-refractivity contribution in [1.82, 2.24) is 9.80 Å². The summed E-state index contributed by atoms with van der Waals surface area (Å²) in [6.07, 6.45) is 1.35. The Bertz CT molecular complexity index is 938. The standard InChI is InChI=1S/C25H32N2O6/c1-4-31-24(30)23-18(3)27(21(28)15-20(23)19-7-5-17(2)6-8-19)16-22(29)26-11-9-25(10-12-26)32-13-14-33-25/h5-8,20H,4,9-16H2,1-3H3. The SMILES string of the molecule is CCOC(=O)C1=C(C)N(CC(=O)N2CCC3(CC2)OCCO3)C(=O)CC1c1ccc(C)cc1. The number of esters is 1. The van der Waals surface area contributed by atoms with Crippen molar-refractivity contribution in [3.8, 4) is 0 Å². The molecule has 8 heteroatoms. The molecule has 1 unspecified atom stereocenters. The van der Waals surface area contributed by atoms with E-state index < -0.39 is 17.7 Å². The van der Waals surface area contributed by atoms with E-state index in [9.17, 15) is 14.4 Å². The number of allylic oxidation sites excluding steroid dienone is 1. The van der Waals surface area contributed by atoms with Crippen LogP contribution in [0, 0.1) is 6.92 Å². The van der Waals surface area contributed by atoms with Crippen molar-refractivity contribution in [2.45, 2.75) is 51.7 Å². The number of rotatable bonds is 5. The first-order chi connectivity index (χ1) is 15.8. The smallest absolute Gasteiger partial charge is 0.336 e. The molecule has 0 aromatic heterocycles. The van der Waals surface area contributed by atoms with Gasteiger partial charge in [-0.25, -0.2) is 4.79 Å². The minimum absolute atomic E-state index is 0.0943. The van der Waals surface area contributed by atoms with E-state index in [4.69, 9.17) is 14.2 Å². The van der Waals surface area contributed by atoms with Crippen molar-refractivity contribution in [3.63, 3.8) is 0 Å². The van der Waals surface area contributed by atoms with Gasteiger partial charge in [0.05, 0.1) is 25.4 Å². The molecule has 2 amide bonds. The number of hydrogen-bond acceptors (Lipinski definition) is 6. The number of hydrogen-bond donors (Lipinski definition) is 0. The fourth-order valence-corrected chi connectivity index (χ4v) is 4.88. The third kappa shape index (κ3) is 4.82. The summed E-state index contributed by atoms with van der Waals surface area (Å²) in [5.41, 5.74) is 2.92. The third-order valence-corrected chi connectivity index (χ3v) is 6.78. The maximum atomic E-state index is 13.1. The summed E-state index contributed by atoms with van der Waals surface area (Å²) < 4.78 is 16.8. The van der Waals surface area contributed by atoms with Crippen LogP contribution < -0.4 is 0 Å². The Balaban J connectivity index is 1.53. The molecule has 2 fully saturated rings. The van der Waals surface area contributed by atoms with Gasteiger partial charge in [0.15, 0.2) is 5.79 Å². The molecule has 1 aromatic carbocycles. The molecule has 3 aliphatic heterocycles. The average Bonchev–Trinajstić information content (AvgIpc) is 3.25. The minimum Gasteiger partial charge on any atom is -0.463 e. The van der Waals surface area contributed by atoms with Gasteiger partial charge in [-0.15, -0.1) is 0 Å². The molecule has 4 rings (SSSR count). The lowest BCUT2D eigenvalue weighted by molar-refractivity contribution is -0.187. The van der Waals surface area contributed by atoms with Gasteiger partial charge in [0.25, 0.3) is 0 Å². The Labute approximate surface area is 194 Å². The monoisotopic (exact) mass is 456 g/mol. The van der Waals surface area contributed by atoms with Gasteiger partial charge in [-0.1, -0.05) is 29.8 Å². The van der Waals surface area contributed by atoms with Gasteiger partial charge >= 0.3 is 5.97 Å². The quantitative estimate of drug-likeness (QED) is 0.633. The zero-order valence-corrected chi connectivity index (χ0v) is 19.6. The van der Waals surface area contributed by atoms with Crippen molar-refractivity contribution in [3.05, 3.63) is 46.7 Å². The van der Waals surface area contributed by atoms with Gasteiger partial charge in [0, 0.05) is 44.0 Å². The molecule has 1 atom stereocenters. The Hall–Kier alpha value is -2.71. The summed E-state index contributed by atoms with van der Waals surface area (Å²) in [6, 6.07) is 7.82. The van der Waals surface area contributed by atoms with E-state index in [0.29, 0.717) is 50.4 Å². The lowest BCUT2D eigenvalue weighted by atomic mass is 9.83. The normalized spacial score (nSPS) is 22.8. The third-order valence-electron chi connectivity index (χ3n) is 6.78. The summed E-state index contributed by atoms with van der Waals surface area (Å²) >= 11 is 0. The van der Waals surface area contributed by atoms with Crippen molar-refractivity contribution in [1.29, 1.82) is 0 Å². The molecule has 0 aliphatic carbocycles. The number of amides is 2. The number of carbonyl (C=O) groups excluding carboxylic acids is 3. The molecule has 3 heterocycles. The predicted molar refractivity (Wildman–Crippen MR) is 120 cm³/mol. The summed E-state index contributed by atoms with van der Waals surface area (Å²) in [5.74, 6) is -1.72. The molecule has 1 spiro atoms. The number of aryl methyl sites for hydroxylation is 1. The Morgan fingerprint density at radius 2 is 1.73 bits per heavy atom. The highest BCUT2D eigenvalue weighted by atomic mass is 16.7. The maximum absolute atomic E-state index is 13.1. The van der Waals surface area contributed by atoms with Crippen LogP contribution in [0.25, 0.3) is 0 Å². The number of piperidine rings is 1. The van der Waals surface area contributed by atoms with Gasteiger partial charge in [-0.05, 0) is 26.3 Å². The second kappa shape index (κ2) is 9.65. The number of likely N-dealkylation sites (tertiary alicyclic amines) is 1. The molecule has 0 bridgehead atoms. The zero-order chi connectivity index (χ0) is 23.6. The van der Waals surface area contributed by atoms with E-state index in [1.807, 2.05) is 31.2 Å². The number of carbonyl (C=O) groups is 3. The Morgan fingerprint density at radius 1 is 1.09 bits per heavy atom. The largest absolute Gasteiger partial charge is 0.463 e. The minimum atomic E-state index is -0.564. The average molecular weight is 457 g/mol. The summed E-state index contributed by atoms with van der Waals surface area (Å²) in [7, 11) is 0. The topological polar surface area (TPSA) is 85.4 Å². The first-order valence-corrected chi connectivity index (χ1v) is 11.6. The Morgan fingerprint density at radius 3 is 2.33 bits per heavy atom. The second-order valence-electron chi connectivity index (χ2n) is 8.86.